The minimum Gasteiger partial charge on any atom is -0.335 e. The average Bonchev–Trinajstić information content (AvgIpc) is 3.19. The van der Waals surface area contributed by atoms with Crippen LogP contribution in [0.4, 0.5) is 5.69 Å². The monoisotopic (exact) mass is 382 g/mol. The maximum absolute atomic E-state index is 13.1. The molecule has 1 aliphatic carbocycles. The summed E-state index contributed by atoms with van der Waals surface area (Å²) in [5.74, 6) is 0.181. The lowest BCUT2D eigenvalue weighted by molar-refractivity contribution is -0.115. The summed E-state index contributed by atoms with van der Waals surface area (Å²) in [6, 6.07) is 7.39. The SMILES string of the molecule is CC1(C)CC2CC(C)(CN2C(=O)c2ccc(NC(=O)Cc3nn[nH]n3)cc2)C1. The summed E-state index contributed by atoms with van der Waals surface area (Å²) < 4.78 is 0. The predicted molar refractivity (Wildman–Crippen MR) is 104 cm³/mol. The number of aromatic nitrogens is 4. The standard InChI is InChI=1S/C20H26N6O2/c1-19(2)9-15-10-20(3,11-19)12-26(15)18(28)13-4-6-14(7-5-13)21-17(27)8-16-22-24-25-23-16/h4-7,15H,8-12H2,1-3H3,(H,21,27)(H,22,23,24,25). The molecule has 0 spiro atoms. The number of fused-ring (bicyclic) bond motifs is 2. The predicted octanol–water partition coefficient (Wildman–Crippen LogP) is 2.42. The van der Waals surface area contributed by atoms with E-state index in [1.165, 1.54) is 0 Å². The van der Waals surface area contributed by atoms with Gasteiger partial charge in [0.05, 0.1) is 6.42 Å². The van der Waals surface area contributed by atoms with Crippen LogP contribution in [0.3, 0.4) is 0 Å². The summed E-state index contributed by atoms with van der Waals surface area (Å²) in [5.41, 5.74) is 1.79. The van der Waals surface area contributed by atoms with Gasteiger partial charge in [-0.05, 0) is 54.4 Å². The molecule has 28 heavy (non-hydrogen) atoms. The minimum atomic E-state index is -0.232. The number of likely N-dealkylation sites (tertiary alicyclic amines) is 1. The normalized spacial score (nSPS) is 25.5. The van der Waals surface area contributed by atoms with E-state index in [1.807, 2.05) is 0 Å². The third-order valence-electron chi connectivity index (χ3n) is 5.80. The van der Waals surface area contributed by atoms with Crippen molar-refractivity contribution in [3.63, 3.8) is 0 Å². The molecule has 8 nitrogen and oxygen atoms in total. The third kappa shape index (κ3) is 3.76. The molecule has 4 rings (SSSR count). The Morgan fingerprint density at radius 3 is 2.64 bits per heavy atom. The first-order valence-electron chi connectivity index (χ1n) is 9.66. The van der Waals surface area contributed by atoms with Crippen molar-refractivity contribution in [2.45, 2.75) is 52.5 Å². The molecule has 148 valence electrons. The van der Waals surface area contributed by atoms with Gasteiger partial charge in [-0.15, -0.1) is 10.2 Å². The van der Waals surface area contributed by atoms with Crippen molar-refractivity contribution in [1.82, 2.24) is 25.5 Å². The zero-order chi connectivity index (χ0) is 19.9. The van der Waals surface area contributed by atoms with Gasteiger partial charge in [-0.25, -0.2) is 0 Å². The Labute approximate surface area is 164 Å². The first-order chi connectivity index (χ1) is 13.2. The van der Waals surface area contributed by atoms with Gasteiger partial charge in [-0.1, -0.05) is 26.0 Å². The zero-order valence-electron chi connectivity index (χ0n) is 16.5. The summed E-state index contributed by atoms with van der Waals surface area (Å²) in [4.78, 5) is 27.2. The van der Waals surface area contributed by atoms with E-state index in [-0.39, 0.29) is 29.1 Å². The number of aromatic amines is 1. The van der Waals surface area contributed by atoms with Crippen molar-refractivity contribution in [3.8, 4) is 0 Å². The van der Waals surface area contributed by atoms with Crippen molar-refractivity contribution < 1.29 is 9.59 Å². The number of rotatable bonds is 4. The van der Waals surface area contributed by atoms with Gasteiger partial charge >= 0.3 is 0 Å². The highest BCUT2D eigenvalue weighted by atomic mass is 16.2. The number of anilines is 1. The number of tetrazole rings is 1. The van der Waals surface area contributed by atoms with E-state index in [2.05, 4.69) is 51.6 Å². The van der Waals surface area contributed by atoms with Gasteiger partial charge in [0, 0.05) is 23.8 Å². The highest BCUT2D eigenvalue weighted by molar-refractivity contribution is 5.96. The van der Waals surface area contributed by atoms with Crippen molar-refractivity contribution in [2.24, 2.45) is 10.8 Å². The molecule has 1 saturated carbocycles. The number of H-pyrrole nitrogens is 1. The van der Waals surface area contributed by atoms with E-state index in [0.29, 0.717) is 23.1 Å². The van der Waals surface area contributed by atoms with Gasteiger partial charge < -0.3 is 10.2 Å². The fourth-order valence-electron chi connectivity index (χ4n) is 5.17. The molecule has 2 heterocycles. The number of amides is 2. The van der Waals surface area contributed by atoms with E-state index in [9.17, 15) is 9.59 Å². The van der Waals surface area contributed by atoms with Gasteiger partial charge in [-0.3, -0.25) is 9.59 Å². The van der Waals surface area contributed by atoms with E-state index in [0.717, 1.165) is 25.8 Å². The summed E-state index contributed by atoms with van der Waals surface area (Å²) in [6.07, 6.45) is 3.34. The van der Waals surface area contributed by atoms with Crippen LogP contribution in [-0.4, -0.2) is 49.9 Å². The molecular formula is C20H26N6O2. The summed E-state index contributed by atoms with van der Waals surface area (Å²) in [7, 11) is 0. The molecule has 1 aromatic carbocycles. The van der Waals surface area contributed by atoms with Crippen LogP contribution in [0.5, 0.6) is 0 Å². The van der Waals surface area contributed by atoms with Crippen LogP contribution in [0.15, 0.2) is 24.3 Å². The molecule has 8 heteroatoms. The Hall–Kier alpha value is -2.77. The van der Waals surface area contributed by atoms with Crippen LogP contribution >= 0.6 is 0 Å². The zero-order valence-corrected chi connectivity index (χ0v) is 16.5. The molecule has 2 atom stereocenters. The van der Waals surface area contributed by atoms with Crippen molar-refractivity contribution >= 4 is 17.5 Å². The minimum absolute atomic E-state index is 0.0427. The molecule has 2 unspecified atom stereocenters. The Bertz CT molecular complexity index is 877. The Kier molecular flexibility index (Phi) is 4.44. The molecule has 2 bridgehead atoms. The molecule has 1 aliphatic heterocycles. The highest BCUT2D eigenvalue weighted by Crippen LogP contribution is 2.52. The lowest BCUT2D eigenvalue weighted by Crippen LogP contribution is -2.37. The van der Waals surface area contributed by atoms with Crippen molar-refractivity contribution in [1.29, 1.82) is 0 Å². The van der Waals surface area contributed by atoms with Crippen LogP contribution < -0.4 is 5.32 Å². The third-order valence-corrected chi connectivity index (χ3v) is 5.80. The van der Waals surface area contributed by atoms with E-state index >= 15 is 0 Å². The Morgan fingerprint density at radius 1 is 1.21 bits per heavy atom. The molecule has 2 fully saturated rings. The molecule has 1 aromatic heterocycles. The van der Waals surface area contributed by atoms with Crippen LogP contribution in [0, 0.1) is 10.8 Å². The highest BCUT2D eigenvalue weighted by Gasteiger charge is 2.50. The first kappa shape index (κ1) is 18.6. The van der Waals surface area contributed by atoms with Crippen molar-refractivity contribution in [3.05, 3.63) is 35.7 Å². The number of hydrogen-bond donors (Lipinski definition) is 2. The molecule has 1 saturated heterocycles. The fourth-order valence-corrected chi connectivity index (χ4v) is 5.17. The molecule has 2 aromatic rings. The van der Waals surface area contributed by atoms with Crippen LogP contribution in [0.1, 0.15) is 56.2 Å². The van der Waals surface area contributed by atoms with E-state index in [4.69, 9.17) is 0 Å². The maximum atomic E-state index is 13.1. The van der Waals surface area contributed by atoms with E-state index < -0.39 is 0 Å². The summed E-state index contributed by atoms with van der Waals surface area (Å²) >= 11 is 0. The average molecular weight is 382 g/mol. The summed E-state index contributed by atoms with van der Waals surface area (Å²) in [6.45, 7) is 7.73. The first-order valence-corrected chi connectivity index (χ1v) is 9.66. The second-order valence-electron chi connectivity index (χ2n) is 9.28. The maximum Gasteiger partial charge on any atom is 0.254 e. The van der Waals surface area contributed by atoms with Gasteiger partial charge in [0.15, 0.2) is 5.82 Å². The lowest BCUT2D eigenvalue weighted by atomic mass is 9.65. The number of hydrogen-bond acceptors (Lipinski definition) is 5. The molecule has 0 radical (unpaired) electrons. The number of benzene rings is 1. The smallest absolute Gasteiger partial charge is 0.254 e. The van der Waals surface area contributed by atoms with Crippen LogP contribution in [-0.2, 0) is 11.2 Å². The number of carbonyl (C=O) groups is 2. The van der Waals surface area contributed by atoms with Crippen LogP contribution in [0.2, 0.25) is 0 Å². The molecular weight excluding hydrogens is 356 g/mol. The quantitative estimate of drug-likeness (QED) is 0.845. The lowest BCUT2D eigenvalue weighted by Gasteiger charge is -2.39. The van der Waals surface area contributed by atoms with Gasteiger partial charge in [-0.2, -0.15) is 5.21 Å². The van der Waals surface area contributed by atoms with Gasteiger partial charge in [0.25, 0.3) is 5.91 Å². The molecule has 2 aliphatic rings. The second kappa shape index (κ2) is 6.68. The topological polar surface area (TPSA) is 104 Å². The summed E-state index contributed by atoms with van der Waals surface area (Å²) in [5, 5.41) is 16.1. The van der Waals surface area contributed by atoms with E-state index in [1.54, 1.807) is 24.3 Å². The Morgan fingerprint density at radius 2 is 1.96 bits per heavy atom. The number of nitrogens with one attached hydrogen (secondary N) is 2. The molecule has 2 N–H and O–H groups in total. The van der Waals surface area contributed by atoms with Gasteiger partial charge in [0.1, 0.15) is 0 Å². The largest absolute Gasteiger partial charge is 0.335 e. The molecule has 2 amide bonds. The van der Waals surface area contributed by atoms with Crippen LogP contribution in [0.25, 0.3) is 0 Å². The Balaban J connectivity index is 1.41. The van der Waals surface area contributed by atoms with Crippen molar-refractivity contribution in [2.75, 3.05) is 11.9 Å². The second-order valence-corrected chi connectivity index (χ2v) is 9.28. The number of nitrogens with zero attached hydrogens (tertiary/aromatic N) is 4. The fraction of sp³-hybridized carbons (Fsp3) is 0.550. The van der Waals surface area contributed by atoms with Gasteiger partial charge in [0.2, 0.25) is 5.91 Å². The number of carbonyl (C=O) groups excluding carboxylic acids is 2.